The molecule has 2 N–H and O–H groups in total. The van der Waals surface area contributed by atoms with E-state index in [-0.39, 0.29) is 24.3 Å². The summed E-state index contributed by atoms with van der Waals surface area (Å²) in [5.74, 6) is -0.652. The molecule has 2 heterocycles. The summed E-state index contributed by atoms with van der Waals surface area (Å²) in [7, 11) is 0. The van der Waals surface area contributed by atoms with Gasteiger partial charge in [0.1, 0.15) is 5.60 Å². The third kappa shape index (κ3) is 7.57. The number of rotatable bonds is 9. The first-order chi connectivity index (χ1) is 17.1. The third-order valence-corrected chi connectivity index (χ3v) is 6.23. The molecule has 1 atom stereocenters. The Hall–Kier alpha value is -3.36. The van der Waals surface area contributed by atoms with Crippen molar-refractivity contribution in [3.05, 3.63) is 41.7 Å². The maximum absolute atomic E-state index is 12.5. The molecule has 0 radical (unpaired) electrons. The van der Waals surface area contributed by atoms with Crippen LogP contribution in [0.2, 0.25) is 0 Å². The first kappa shape index (κ1) is 27.2. The lowest BCUT2D eigenvalue weighted by atomic mass is 9.85. The highest BCUT2D eigenvalue weighted by Gasteiger charge is 2.29. The van der Waals surface area contributed by atoms with Crippen molar-refractivity contribution in [2.45, 2.75) is 77.7 Å². The van der Waals surface area contributed by atoms with Crippen molar-refractivity contribution in [3.8, 4) is 6.01 Å². The van der Waals surface area contributed by atoms with Crippen LogP contribution in [0.3, 0.4) is 0 Å². The average Bonchev–Trinajstić information content (AvgIpc) is 2.83. The molecule has 1 aliphatic heterocycles. The summed E-state index contributed by atoms with van der Waals surface area (Å²) in [5.41, 5.74) is 3.20. The van der Waals surface area contributed by atoms with Crippen LogP contribution in [0.5, 0.6) is 6.01 Å². The van der Waals surface area contributed by atoms with Crippen molar-refractivity contribution in [2.24, 2.45) is 0 Å². The van der Waals surface area contributed by atoms with Gasteiger partial charge in [-0.15, -0.1) is 0 Å². The summed E-state index contributed by atoms with van der Waals surface area (Å²) in [6.45, 7) is 11.2. The Morgan fingerprint density at radius 3 is 2.39 bits per heavy atom. The Labute approximate surface area is 213 Å². The molecule has 0 unspecified atom stereocenters. The molecule has 36 heavy (non-hydrogen) atoms. The van der Waals surface area contributed by atoms with Crippen LogP contribution in [-0.2, 0) is 9.53 Å². The van der Waals surface area contributed by atoms with Gasteiger partial charge in [0.25, 0.3) is 0 Å². The molecule has 196 valence electrons. The van der Waals surface area contributed by atoms with Crippen LogP contribution >= 0.6 is 0 Å². The number of carboxylic acid groups (broad SMARTS) is 1. The molecule has 1 aliphatic rings. The topological polar surface area (TPSA) is 114 Å². The van der Waals surface area contributed by atoms with Crippen LogP contribution in [0, 0.1) is 0 Å². The van der Waals surface area contributed by atoms with Gasteiger partial charge in [0.15, 0.2) is 0 Å². The van der Waals surface area contributed by atoms with Gasteiger partial charge in [0.2, 0.25) is 0 Å². The highest BCUT2D eigenvalue weighted by Crippen LogP contribution is 2.37. The van der Waals surface area contributed by atoms with E-state index in [2.05, 4.69) is 21.4 Å². The molecule has 9 heteroatoms. The van der Waals surface area contributed by atoms with Gasteiger partial charge in [-0.2, -0.15) is 0 Å². The minimum absolute atomic E-state index is 0.0791. The number of carbonyl (C=O) groups excluding carboxylic acids is 1. The number of likely N-dealkylation sites (tertiary alicyclic amines) is 1. The molecule has 0 spiro atoms. The summed E-state index contributed by atoms with van der Waals surface area (Å²) in [6.07, 6.45) is 5.49. The number of nitrogens with zero attached hydrogens (tertiary/aromatic N) is 3. The van der Waals surface area contributed by atoms with Crippen LogP contribution in [0.15, 0.2) is 30.6 Å². The maximum atomic E-state index is 12.5. The quantitative estimate of drug-likeness (QED) is 0.452. The molecule has 3 rings (SSSR count). The number of benzene rings is 1. The van der Waals surface area contributed by atoms with E-state index >= 15 is 0 Å². The number of amides is 1. The lowest BCUT2D eigenvalue weighted by Crippen LogP contribution is -2.41. The number of nitrogens with one attached hydrogen (secondary N) is 1. The Kier molecular flexibility index (Phi) is 9.12. The summed E-state index contributed by atoms with van der Waals surface area (Å²) in [4.78, 5) is 34.2. The van der Waals surface area contributed by atoms with E-state index in [1.807, 2.05) is 46.8 Å². The van der Waals surface area contributed by atoms with Gasteiger partial charge >= 0.3 is 18.1 Å². The second kappa shape index (κ2) is 12.1. The highest BCUT2D eigenvalue weighted by molar-refractivity contribution is 5.70. The first-order valence-electron chi connectivity index (χ1n) is 12.6. The molecule has 0 aliphatic carbocycles. The second-order valence-electron chi connectivity index (χ2n) is 10.1. The largest absolute Gasteiger partial charge is 0.481 e. The molecule has 1 aromatic heterocycles. The summed E-state index contributed by atoms with van der Waals surface area (Å²) >= 11 is 0. The average molecular weight is 499 g/mol. The zero-order chi connectivity index (χ0) is 26.3. The number of aliphatic carboxylic acids is 1. The lowest BCUT2D eigenvalue weighted by molar-refractivity contribution is -0.137. The fraction of sp³-hybridized carbons (Fsp3) is 0.556. The molecule has 0 saturated carbocycles. The van der Waals surface area contributed by atoms with E-state index < -0.39 is 11.6 Å². The second-order valence-corrected chi connectivity index (χ2v) is 10.1. The number of hydrogen-bond donors (Lipinski definition) is 2. The maximum Gasteiger partial charge on any atom is 0.410 e. The van der Waals surface area contributed by atoms with E-state index in [9.17, 15) is 14.7 Å². The van der Waals surface area contributed by atoms with Crippen LogP contribution in [0.1, 0.15) is 83.3 Å². The van der Waals surface area contributed by atoms with Gasteiger partial charge in [-0.05, 0) is 76.0 Å². The predicted octanol–water partition coefficient (Wildman–Crippen LogP) is 5.70. The van der Waals surface area contributed by atoms with E-state index in [0.29, 0.717) is 31.4 Å². The molecular weight excluding hydrogens is 460 g/mol. The number of ether oxygens (including phenoxy) is 2. The molecule has 1 amide bonds. The fourth-order valence-corrected chi connectivity index (χ4v) is 4.44. The Bertz CT molecular complexity index is 1030. The molecule has 1 fully saturated rings. The monoisotopic (exact) mass is 498 g/mol. The first-order valence-corrected chi connectivity index (χ1v) is 12.6. The molecule has 0 bridgehead atoms. The Morgan fingerprint density at radius 1 is 1.17 bits per heavy atom. The summed E-state index contributed by atoms with van der Waals surface area (Å²) < 4.78 is 10.9. The SMILES string of the molecule is CCOc1ncc(Nc2cc([C@@H](CC)CC(=O)O)ccc2C2CCN(C(=O)OC(C)(C)C)CC2)cn1. The molecule has 1 saturated heterocycles. The van der Waals surface area contributed by atoms with E-state index in [0.717, 1.165) is 36.1 Å². The number of anilines is 2. The van der Waals surface area contributed by atoms with E-state index in [1.165, 1.54) is 0 Å². The Morgan fingerprint density at radius 2 is 1.83 bits per heavy atom. The zero-order valence-corrected chi connectivity index (χ0v) is 21.9. The highest BCUT2D eigenvalue weighted by atomic mass is 16.6. The van der Waals surface area contributed by atoms with Gasteiger partial charge in [-0.3, -0.25) is 4.79 Å². The van der Waals surface area contributed by atoms with Crippen LogP contribution in [0.4, 0.5) is 16.2 Å². The van der Waals surface area contributed by atoms with Crippen molar-refractivity contribution in [2.75, 3.05) is 25.0 Å². The normalized spacial score (nSPS) is 15.3. The lowest BCUT2D eigenvalue weighted by Gasteiger charge is -2.34. The minimum Gasteiger partial charge on any atom is -0.481 e. The number of carbonyl (C=O) groups is 2. The van der Waals surface area contributed by atoms with Crippen molar-refractivity contribution in [1.82, 2.24) is 14.9 Å². The van der Waals surface area contributed by atoms with E-state index in [4.69, 9.17) is 9.47 Å². The van der Waals surface area contributed by atoms with Crippen molar-refractivity contribution < 1.29 is 24.2 Å². The van der Waals surface area contributed by atoms with Gasteiger partial charge < -0.3 is 24.8 Å². The Balaban J connectivity index is 1.83. The van der Waals surface area contributed by atoms with E-state index in [1.54, 1.807) is 17.3 Å². The fourth-order valence-electron chi connectivity index (χ4n) is 4.44. The van der Waals surface area contributed by atoms with Crippen molar-refractivity contribution >= 4 is 23.4 Å². The van der Waals surface area contributed by atoms with Gasteiger partial charge in [-0.25, -0.2) is 14.8 Å². The summed E-state index contributed by atoms with van der Waals surface area (Å²) in [6, 6.07) is 6.49. The number of hydrogen-bond acceptors (Lipinski definition) is 7. The van der Waals surface area contributed by atoms with Gasteiger partial charge in [0.05, 0.1) is 31.1 Å². The molecular formula is C27H38N4O5. The van der Waals surface area contributed by atoms with Crippen molar-refractivity contribution in [3.63, 3.8) is 0 Å². The van der Waals surface area contributed by atoms with Gasteiger partial charge in [0, 0.05) is 18.8 Å². The standard InChI is InChI=1S/C27H38N4O5/c1-6-18(15-24(32)33)20-8-9-22(19-10-12-31(13-11-19)26(34)36-27(3,4)5)23(14-20)30-21-16-28-25(29-17-21)35-7-2/h8-9,14,16-19,30H,6-7,10-13,15H2,1-5H3,(H,32,33)/t18-/m0/s1. The number of carboxylic acids is 1. The minimum atomic E-state index is -0.810. The van der Waals surface area contributed by atoms with Crippen LogP contribution in [-0.4, -0.2) is 57.3 Å². The number of piperidine rings is 1. The van der Waals surface area contributed by atoms with Crippen LogP contribution in [0.25, 0.3) is 0 Å². The van der Waals surface area contributed by atoms with Crippen molar-refractivity contribution in [1.29, 1.82) is 0 Å². The molecule has 2 aromatic rings. The van der Waals surface area contributed by atoms with Gasteiger partial charge in [-0.1, -0.05) is 19.1 Å². The molecule has 1 aromatic carbocycles. The third-order valence-electron chi connectivity index (χ3n) is 6.23. The van der Waals surface area contributed by atoms with Crippen LogP contribution < -0.4 is 10.1 Å². The smallest absolute Gasteiger partial charge is 0.410 e. The zero-order valence-electron chi connectivity index (χ0n) is 21.9. The molecule has 9 nitrogen and oxygen atoms in total. The summed E-state index contributed by atoms with van der Waals surface area (Å²) in [5, 5.41) is 12.8. The predicted molar refractivity (Wildman–Crippen MR) is 138 cm³/mol. The number of aromatic nitrogens is 2.